The van der Waals surface area contributed by atoms with Gasteiger partial charge in [0.2, 0.25) is 5.91 Å². The summed E-state index contributed by atoms with van der Waals surface area (Å²) in [5.74, 6) is 1.07. The Hall–Kier alpha value is -3.85. The van der Waals surface area contributed by atoms with E-state index < -0.39 is 5.69 Å². The summed E-state index contributed by atoms with van der Waals surface area (Å²) in [5, 5.41) is 4.68. The molecule has 2 aromatic carbocycles. The van der Waals surface area contributed by atoms with Crippen LogP contribution in [0.25, 0.3) is 10.2 Å². The van der Waals surface area contributed by atoms with E-state index in [1.807, 2.05) is 62.4 Å². The highest BCUT2D eigenvalue weighted by atomic mass is 32.1. The number of ether oxygens (including phenoxy) is 2. The second-order valence-corrected chi connectivity index (χ2v) is 8.95. The standard InChI is InChI=1S/C26H27N3O5S/c1-4-34-21-7-5-6-18(14-21)15-29-25(31)24-22(12-13-35-24)28(26(29)32)16-23(30)27-17(2)19-8-10-20(33-3)11-9-19/h5-14,17H,4,15-16H2,1-3H3,(H,27,30). The molecule has 8 nitrogen and oxygen atoms in total. The number of hydrogen-bond acceptors (Lipinski definition) is 6. The average molecular weight is 494 g/mol. The molecule has 1 unspecified atom stereocenters. The number of benzene rings is 2. The van der Waals surface area contributed by atoms with Gasteiger partial charge in [0, 0.05) is 0 Å². The van der Waals surface area contributed by atoms with E-state index >= 15 is 0 Å². The predicted molar refractivity (Wildman–Crippen MR) is 137 cm³/mol. The molecule has 2 heterocycles. The van der Waals surface area contributed by atoms with Crippen molar-refractivity contribution in [1.29, 1.82) is 0 Å². The molecule has 0 aliphatic carbocycles. The van der Waals surface area contributed by atoms with Crippen molar-refractivity contribution < 1.29 is 14.3 Å². The summed E-state index contributed by atoms with van der Waals surface area (Å²) in [7, 11) is 1.60. The SMILES string of the molecule is CCOc1cccc(Cn2c(=O)c3sccc3n(CC(=O)NC(C)c3ccc(OC)cc3)c2=O)c1. The molecule has 1 atom stereocenters. The molecule has 0 spiro atoms. The number of nitrogens with zero attached hydrogens (tertiary/aromatic N) is 2. The molecule has 1 amide bonds. The fourth-order valence-corrected chi connectivity index (χ4v) is 4.76. The Kier molecular flexibility index (Phi) is 7.36. The minimum absolute atomic E-state index is 0.0797. The minimum Gasteiger partial charge on any atom is -0.497 e. The predicted octanol–water partition coefficient (Wildman–Crippen LogP) is 3.56. The van der Waals surface area contributed by atoms with Gasteiger partial charge in [0.15, 0.2) is 0 Å². The van der Waals surface area contributed by atoms with Gasteiger partial charge in [0.05, 0.1) is 31.8 Å². The number of hydrogen-bond donors (Lipinski definition) is 1. The highest BCUT2D eigenvalue weighted by Crippen LogP contribution is 2.19. The van der Waals surface area contributed by atoms with Gasteiger partial charge in [-0.25, -0.2) is 4.79 Å². The Balaban J connectivity index is 1.61. The lowest BCUT2D eigenvalue weighted by atomic mass is 10.1. The summed E-state index contributed by atoms with van der Waals surface area (Å²) in [6.45, 7) is 4.15. The van der Waals surface area contributed by atoms with E-state index in [-0.39, 0.29) is 30.6 Å². The van der Waals surface area contributed by atoms with Crippen molar-refractivity contribution in [1.82, 2.24) is 14.5 Å². The van der Waals surface area contributed by atoms with Crippen LogP contribution in [0.5, 0.6) is 11.5 Å². The third-order valence-corrected chi connectivity index (χ3v) is 6.57. The molecule has 4 aromatic rings. The second-order valence-electron chi connectivity index (χ2n) is 8.04. The number of thiophene rings is 1. The Morgan fingerprint density at radius 2 is 1.83 bits per heavy atom. The lowest BCUT2D eigenvalue weighted by molar-refractivity contribution is -0.122. The first kappa shape index (κ1) is 24.3. The number of fused-ring (bicyclic) bond motifs is 1. The summed E-state index contributed by atoms with van der Waals surface area (Å²) >= 11 is 1.25. The van der Waals surface area contributed by atoms with E-state index in [4.69, 9.17) is 9.47 Å². The summed E-state index contributed by atoms with van der Waals surface area (Å²) in [4.78, 5) is 39.4. The zero-order valence-electron chi connectivity index (χ0n) is 19.8. The molecule has 0 saturated heterocycles. The minimum atomic E-state index is -0.532. The Morgan fingerprint density at radius 3 is 2.54 bits per heavy atom. The number of aromatic nitrogens is 2. The summed E-state index contributed by atoms with van der Waals surface area (Å²) in [6.07, 6.45) is 0. The van der Waals surface area contributed by atoms with Gasteiger partial charge in [0.1, 0.15) is 22.7 Å². The van der Waals surface area contributed by atoms with E-state index in [0.29, 0.717) is 22.6 Å². The number of rotatable bonds is 9. The summed E-state index contributed by atoms with van der Waals surface area (Å²) < 4.78 is 13.7. The lowest BCUT2D eigenvalue weighted by Gasteiger charge is -2.17. The molecule has 4 rings (SSSR count). The number of carbonyl (C=O) groups excluding carboxylic acids is 1. The van der Waals surface area contributed by atoms with Crippen LogP contribution < -0.4 is 26.0 Å². The van der Waals surface area contributed by atoms with Gasteiger partial charge >= 0.3 is 5.69 Å². The molecule has 0 saturated carbocycles. The molecule has 0 fully saturated rings. The van der Waals surface area contributed by atoms with E-state index in [2.05, 4.69) is 5.32 Å². The molecule has 182 valence electrons. The number of carbonyl (C=O) groups is 1. The molecule has 0 aliphatic rings. The van der Waals surface area contributed by atoms with E-state index in [9.17, 15) is 14.4 Å². The van der Waals surface area contributed by atoms with Crippen LogP contribution in [0, 0.1) is 0 Å². The van der Waals surface area contributed by atoms with Crippen LogP contribution >= 0.6 is 11.3 Å². The van der Waals surface area contributed by atoms with Crippen molar-refractivity contribution in [3.8, 4) is 11.5 Å². The highest BCUT2D eigenvalue weighted by Gasteiger charge is 2.18. The summed E-state index contributed by atoms with van der Waals surface area (Å²) in [6, 6.07) is 16.1. The molecule has 2 aromatic heterocycles. The van der Waals surface area contributed by atoms with Crippen molar-refractivity contribution in [2.45, 2.75) is 33.0 Å². The Bertz CT molecular complexity index is 1450. The van der Waals surface area contributed by atoms with Crippen molar-refractivity contribution >= 4 is 27.5 Å². The van der Waals surface area contributed by atoms with Crippen molar-refractivity contribution in [3.05, 3.63) is 91.9 Å². The third-order valence-electron chi connectivity index (χ3n) is 5.68. The molecule has 1 N–H and O–H groups in total. The highest BCUT2D eigenvalue weighted by molar-refractivity contribution is 7.17. The third kappa shape index (κ3) is 5.30. The molecule has 0 bridgehead atoms. The second kappa shape index (κ2) is 10.6. The Labute approximate surface area is 206 Å². The van der Waals surface area contributed by atoms with Crippen LogP contribution in [0.4, 0.5) is 0 Å². The van der Waals surface area contributed by atoms with Gasteiger partial charge in [-0.2, -0.15) is 0 Å². The fraction of sp³-hybridized carbons (Fsp3) is 0.269. The smallest absolute Gasteiger partial charge is 0.332 e. The van der Waals surface area contributed by atoms with Crippen LogP contribution in [-0.4, -0.2) is 28.8 Å². The first-order valence-electron chi connectivity index (χ1n) is 11.3. The molecule has 35 heavy (non-hydrogen) atoms. The largest absolute Gasteiger partial charge is 0.497 e. The van der Waals surface area contributed by atoms with Gasteiger partial charge in [-0.05, 0) is 60.7 Å². The average Bonchev–Trinajstić information content (AvgIpc) is 3.35. The van der Waals surface area contributed by atoms with Gasteiger partial charge in [0.25, 0.3) is 5.56 Å². The van der Waals surface area contributed by atoms with Crippen molar-refractivity contribution in [2.24, 2.45) is 0 Å². The molecule has 9 heteroatoms. The molecular weight excluding hydrogens is 466 g/mol. The first-order chi connectivity index (χ1) is 16.9. The maximum absolute atomic E-state index is 13.4. The molecular formula is C26H27N3O5S. The first-order valence-corrected chi connectivity index (χ1v) is 12.1. The van der Waals surface area contributed by atoms with Gasteiger partial charge in [-0.15, -0.1) is 11.3 Å². The number of amides is 1. The maximum Gasteiger partial charge on any atom is 0.332 e. The Morgan fingerprint density at radius 1 is 1.06 bits per heavy atom. The van der Waals surface area contributed by atoms with E-state index in [1.165, 1.54) is 20.5 Å². The zero-order chi connectivity index (χ0) is 24.9. The lowest BCUT2D eigenvalue weighted by Crippen LogP contribution is -2.42. The maximum atomic E-state index is 13.4. The fourth-order valence-electron chi connectivity index (χ4n) is 3.92. The van der Waals surface area contributed by atoms with E-state index in [1.54, 1.807) is 18.6 Å². The van der Waals surface area contributed by atoms with Gasteiger partial charge in [-0.1, -0.05) is 24.3 Å². The van der Waals surface area contributed by atoms with Crippen LogP contribution in [0.1, 0.15) is 31.0 Å². The van der Waals surface area contributed by atoms with E-state index in [0.717, 1.165) is 16.9 Å². The quantitative estimate of drug-likeness (QED) is 0.385. The van der Waals surface area contributed by atoms with Crippen LogP contribution in [0.15, 0.2) is 69.6 Å². The zero-order valence-corrected chi connectivity index (χ0v) is 20.6. The van der Waals surface area contributed by atoms with Crippen molar-refractivity contribution in [3.63, 3.8) is 0 Å². The monoisotopic (exact) mass is 493 g/mol. The van der Waals surface area contributed by atoms with Crippen LogP contribution in [0.2, 0.25) is 0 Å². The van der Waals surface area contributed by atoms with Gasteiger partial charge < -0.3 is 14.8 Å². The topological polar surface area (TPSA) is 91.6 Å². The van der Waals surface area contributed by atoms with Gasteiger partial charge in [-0.3, -0.25) is 18.7 Å². The van der Waals surface area contributed by atoms with Crippen LogP contribution in [-0.2, 0) is 17.9 Å². The normalized spacial score (nSPS) is 11.9. The van der Waals surface area contributed by atoms with Crippen LogP contribution in [0.3, 0.4) is 0 Å². The molecule has 0 radical (unpaired) electrons. The number of nitrogens with one attached hydrogen (secondary N) is 1. The number of methoxy groups -OCH3 is 1. The molecule has 0 aliphatic heterocycles. The summed E-state index contributed by atoms with van der Waals surface area (Å²) in [5.41, 5.74) is 1.22. The van der Waals surface area contributed by atoms with Crippen molar-refractivity contribution in [2.75, 3.05) is 13.7 Å².